The molecule has 13 heavy (non-hydrogen) atoms. The summed E-state index contributed by atoms with van der Waals surface area (Å²) in [6.45, 7) is 3.75. The van der Waals surface area contributed by atoms with E-state index in [1.807, 2.05) is 12.1 Å². The highest BCUT2D eigenvalue weighted by Crippen LogP contribution is 2.22. The minimum absolute atomic E-state index is 0.253. The molecule has 0 N–H and O–H groups in total. The lowest BCUT2D eigenvalue weighted by Gasteiger charge is -2.12. The van der Waals surface area contributed by atoms with Gasteiger partial charge < -0.3 is 4.79 Å². The van der Waals surface area contributed by atoms with Gasteiger partial charge in [0.05, 0.1) is 0 Å². The lowest BCUT2D eigenvalue weighted by molar-refractivity contribution is -0.117. The Morgan fingerprint density at radius 2 is 2.08 bits per heavy atom. The first-order valence-electron chi connectivity index (χ1n) is 4.63. The number of carbonyl (C=O) groups excluding carboxylic acids is 1. The van der Waals surface area contributed by atoms with E-state index >= 15 is 0 Å². The SMILES string of the molecule is CCC(CC(C)=O)c1ccncc1. The van der Waals surface area contributed by atoms with Gasteiger partial charge in [0.2, 0.25) is 0 Å². The van der Waals surface area contributed by atoms with E-state index in [9.17, 15) is 4.79 Å². The Labute approximate surface area is 79.0 Å². The number of ketones is 1. The average Bonchev–Trinajstić information content (AvgIpc) is 2.15. The molecule has 70 valence electrons. The molecule has 0 aliphatic carbocycles. The predicted octanol–water partition coefficient (Wildman–Crippen LogP) is 2.55. The van der Waals surface area contributed by atoms with E-state index in [1.165, 1.54) is 5.56 Å². The third-order valence-corrected chi connectivity index (χ3v) is 2.20. The molecule has 0 aromatic carbocycles. The van der Waals surface area contributed by atoms with Crippen molar-refractivity contribution in [2.45, 2.75) is 32.6 Å². The number of aromatic nitrogens is 1. The zero-order valence-electron chi connectivity index (χ0n) is 8.16. The van der Waals surface area contributed by atoms with Gasteiger partial charge in [-0.05, 0) is 37.0 Å². The van der Waals surface area contributed by atoms with Crippen LogP contribution in [-0.2, 0) is 4.79 Å². The van der Waals surface area contributed by atoms with E-state index in [2.05, 4.69) is 11.9 Å². The summed E-state index contributed by atoms with van der Waals surface area (Å²) in [5.41, 5.74) is 1.22. The fourth-order valence-electron chi connectivity index (χ4n) is 1.48. The number of rotatable bonds is 4. The molecule has 0 radical (unpaired) electrons. The molecule has 0 aliphatic heterocycles. The van der Waals surface area contributed by atoms with Crippen LogP contribution in [-0.4, -0.2) is 10.8 Å². The third-order valence-electron chi connectivity index (χ3n) is 2.20. The second-order valence-corrected chi connectivity index (χ2v) is 3.29. The quantitative estimate of drug-likeness (QED) is 0.707. The normalized spacial score (nSPS) is 12.5. The molecule has 1 atom stereocenters. The topological polar surface area (TPSA) is 30.0 Å². The van der Waals surface area contributed by atoms with Crippen LogP contribution in [0.4, 0.5) is 0 Å². The van der Waals surface area contributed by atoms with Crippen LogP contribution in [0.25, 0.3) is 0 Å². The highest BCUT2D eigenvalue weighted by molar-refractivity contribution is 5.76. The zero-order chi connectivity index (χ0) is 9.68. The van der Waals surface area contributed by atoms with Gasteiger partial charge in [0, 0.05) is 18.8 Å². The predicted molar refractivity (Wildman–Crippen MR) is 52.6 cm³/mol. The van der Waals surface area contributed by atoms with Crippen molar-refractivity contribution in [2.75, 3.05) is 0 Å². The van der Waals surface area contributed by atoms with E-state index in [1.54, 1.807) is 19.3 Å². The number of hydrogen-bond acceptors (Lipinski definition) is 2. The molecule has 0 aliphatic rings. The van der Waals surface area contributed by atoms with Gasteiger partial charge in [-0.15, -0.1) is 0 Å². The maximum absolute atomic E-state index is 11.0. The molecule has 2 nitrogen and oxygen atoms in total. The number of Topliss-reactive ketones (excluding diaryl/α,β-unsaturated/α-hetero) is 1. The molecule has 1 heterocycles. The molecular formula is C11H15NO. The summed E-state index contributed by atoms with van der Waals surface area (Å²) in [5, 5.41) is 0. The fraction of sp³-hybridized carbons (Fsp3) is 0.455. The minimum atomic E-state index is 0.253. The van der Waals surface area contributed by atoms with Gasteiger partial charge in [0.15, 0.2) is 0 Å². The molecule has 1 unspecified atom stereocenters. The second-order valence-electron chi connectivity index (χ2n) is 3.29. The molecule has 0 bridgehead atoms. The summed E-state index contributed by atoms with van der Waals surface area (Å²) in [7, 11) is 0. The van der Waals surface area contributed by atoms with Crippen LogP contribution in [0, 0.1) is 0 Å². The summed E-state index contributed by atoms with van der Waals surface area (Å²) < 4.78 is 0. The van der Waals surface area contributed by atoms with Crippen molar-refractivity contribution >= 4 is 5.78 Å². The van der Waals surface area contributed by atoms with Crippen LogP contribution in [0.2, 0.25) is 0 Å². The molecule has 0 saturated carbocycles. The van der Waals surface area contributed by atoms with Crippen molar-refractivity contribution in [1.82, 2.24) is 4.98 Å². The molecule has 0 amide bonds. The Bertz CT molecular complexity index is 269. The average molecular weight is 177 g/mol. The molecular weight excluding hydrogens is 162 g/mol. The van der Waals surface area contributed by atoms with Gasteiger partial charge in [-0.3, -0.25) is 4.98 Å². The van der Waals surface area contributed by atoms with E-state index in [0.29, 0.717) is 12.3 Å². The fourth-order valence-corrected chi connectivity index (χ4v) is 1.48. The monoisotopic (exact) mass is 177 g/mol. The van der Waals surface area contributed by atoms with Crippen LogP contribution in [0.3, 0.4) is 0 Å². The van der Waals surface area contributed by atoms with E-state index < -0.39 is 0 Å². The van der Waals surface area contributed by atoms with E-state index in [4.69, 9.17) is 0 Å². The summed E-state index contributed by atoms with van der Waals surface area (Å²) >= 11 is 0. The molecule has 0 fully saturated rings. The highest BCUT2D eigenvalue weighted by atomic mass is 16.1. The molecule has 1 rings (SSSR count). The van der Waals surface area contributed by atoms with E-state index in [-0.39, 0.29) is 5.78 Å². The van der Waals surface area contributed by atoms with Crippen molar-refractivity contribution < 1.29 is 4.79 Å². The minimum Gasteiger partial charge on any atom is -0.300 e. The van der Waals surface area contributed by atoms with Crippen LogP contribution < -0.4 is 0 Å². The molecule has 1 aromatic heterocycles. The van der Waals surface area contributed by atoms with Gasteiger partial charge in [0.25, 0.3) is 0 Å². The lowest BCUT2D eigenvalue weighted by atomic mass is 9.93. The summed E-state index contributed by atoms with van der Waals surface area (Å²) in [6, 6.07) is 3.97. The van der Waals surface area contributed by atoms with Gasteiger partial charge >= 0.3 is 0 Å². The van der Waals surface area contributed by atoms with Crippen LogP contribution in [0.15, 0.2) is 24.5 Å². The Balaban J connectivity index is 2.73. The van der Waals surface area contributed by atoms with Crippen molar-refractivity contribution in [2.24, 2.45) is 0 Å². The van der Waals surface area contributed by atoms with E-state index in [0.717, 1.165) is 6.42 Å². The number of nitrogens with zero attached hydrogens (tertiary/aromatic N) is 1. The number of carbonyl (C=O) groups is 1. The second kappa shape index (κ2) is 4.75. The first-order valence-corrected chi connectivity index (χ1v) is 4.63. The maximum Gasteiger partial charge on any atom is 0.130 e. The van der Waals surface area contributed by atoms with Crippen LogP contribution in [0.1, 0.15) is 38.2 Å². The summed E-state index contributed by atoms with van der Waals surface area (Å²) in [6.07, 6.45) is 5.19. The smallest absolute Gasteiger partial charge is 0.130 e. The van der Waals surface area contributed by atoms with Crippen molar-refractivity contribution in [3.05, 3.63) is 30.1 Å². The lowest BCUT2D eigenvalue weighted by Crippen LogP contribution is -2.03. The Morgan fingerprint density at radius 1 is 1.46 bits per heavy atom. The molecule has 2 heteroatoms. The van der Waals surface area contributed by atoms with Crippen LogP contribution in [0.5, 0.6) is 0 Å². The highest BCUT2D eigenvalue weighted by Gasteiger charge is 2.10. The maximum atomic E-state index is 11.0. The first-order chi connectivity index (χ1) is 6.24. The Kier molecular flexibility index (Phi) is 3.62. The van der Waals surface area contributed by atoms with Gasteiger partial charge in [0.1, 0.15) is 5.78 Å². The third kappa shape index (κ3) is 2.98. The van der Waals surface area contributed by atoms with Crippen molar-refractivity contribution in [3.63, 3.8) is 0 Å². The van der Waals surface area contributed by atoms with Crippen molar-refractivity contribution in [3.8, 4) is 0 Å². The zero-order valence-corrected chi connectivity index (χ0v) is 8.16. The van der Waals surface area contributed by atoms with Gasteiger partial charge in [-0.2, -0.15) is 0 Å². The largest absolute Gasteiger partial charge is 0.300 e. The van der Waals surface area contributed by atoms with Gasteiger partial charge in [-0.1, -0.05) is 6.92 Å². The molecule has 1 aromatic rings. The van der Waals surface area contributed by atoms with Crippen molar-refractivity contribution in [1.29, 1.82) is 0 Å². The molecule has 0 saturated heterocycles. The summed E-state index contributed by atoms with van der Waals surface area (Å²) in [4.78, 5) is 14.9. The van der Waals surface area contributed by atoms with Crippen LogP contribution >= 0.6 is 0 Å². The Hall–Kier alpha value is -1.18. The summed E-state index contributed by atoms with van der Waals surface area (Å²) in [5.74, 6) is 0.615. The standard InChI is InChI=1S/C11H15NO/c1-3-10(8-9(2)13)11-4-6-12-7-5-11/h4-7,10H,3,8H2,1-2H3. The molecule has 0 spiro atoms. The number of pyridine rings is 1. The van der Waals surface area contributed by atoms with Gasteiger partial charge in [-0.25, -0.2) is 0 Å². The number of hydrogen-bond donors (Lipinski definition) is 0. The first kappa shape index (κ1) is 9.90. The Morgan fingerprint density at radius 3 is 2.54 bits per heavy atom.